The standard InChI is InChI=1S/C36H44N2O4/c1-39-33-15-7-29(8-16-33)25-37(26-30-9-17-34(40-2)18-10-30)23-5-6-24-38(27-31-11-19-35(41-3)20-12-31)28-32-13-21-36(42-4)22-14-32/h7-22H,5-6,23-28H2,1-4H3. The molecule has 0 aliphatic heterocycles. The van der Waals surface area contributed by atoms with E-state index >= 15 is 0 Å². The molecule has 0 aliphatic rings. The van der Waals surface area contributed by atoms with Crippen LogP contribution in [0.5, 0.6) is 23.0 Å². The van der Waals surface area contributed by atoms with Crippen molar-refractivity contribution in [3.63, 3.8) is 0 Å². The highest BCUT2D eigenvalue weighted by Crippen LogP contribution is 2.20. The molecule has 6 nitrogen and oxygen atoms in total. The average molecular weight is 569 g/mol. The maximum Gasteiger partial charge on any atom is 0.118 e. The number of rotatable bonds is 17. The molecule has 0 N–H and O–H groups in total. The van der Waals surface area contributed by atoms with Crippen LogP contribution in [0.25, 0.3) is 0 Å². The molecule has 0 atom stereocenters. The molecule has 0 spiro atoms. The monoisotopic (exact) mass is 568 g/mol. The summed E-state index contributed by atoms with van der Waals surface area (Å²) in [5.74, 6) is 3.53. The minimum atomic E-state index is 0.884. The summed E-state index contributed by atoms with van der Waals surface area (Å²) in [6, 6.07) is 33.6. The molecule has 0 fully saturated rings. The Hall–Kier alpha value is -4.00. The van der Waals surface area contributed by atoms with Gasteiger partial charge < -0.3 is 18.9 Å². The van der Waals surface area contributed by atoms with Crippen molar-refractivity contribution < 1.29 is 18.9 Å². The molecule has 0 bridgehead atoms. The fourth-order valence-corrected chi connectivity index (χ4v) is 5.06. The Morgan fingerprint density at radius 3 is 0.762 bits per heavy atom. The molecule has 0 aromatic heterocycles. The Bertz CT molecular complexity index is 1100. The summed E-state index contributed by atoms with van der Waals surface area (Å²) in [6.07, 6.45) is 2.21. The van der Waals surface area contributed by atoms with Gasteiger partial charge in [0.1, 0.15) is 23.0 Å². The first-order valence-electron chi connectivity index (χ1n) is 14.5. The number of ether oxygens (including phenoxy) is 4. The number of nitrogens with zero attached hydrogens (tertiary/aromatic N) is 2. The zero-order valence-electron chi connectivity index (χ0n) is 25.4. The van der Waals surface area contributed by atoms with Crippen molar-refractivity contribution in [1.82, 2.24) is 9.80 Å². The fourth-order valence-electron chi connectivity index (χ4n) is 5.06. The lowest BCUT2D eigenvalue weighted by molar-refractivity contribution is 0.223. The number of methoxy groups -OCH3 is 4. The molecule has 6 heteroatoms. The SMILES string of the molecule is COc1ccc(CN(CCCCN(Cc2ccc(OC)cc2)Cc2ccc(OC)cc2)Cc2ccc(OC)cc2)cc1. The van der Waals surface area contributed by atoms with E-state index in [9.17, 15) is 0 Å². The van der Waals surface area contributed by atoms with E-state index in [1.54, 1.807) is 28.4 Å². The molecule has 4 aromatic rings. The summed E-state index contributed by atoms with van der Waals surface area (Å²) in [5, 5.41) is 0. The van der Waals surface area contributed by atoms with Gasteiger partial charge in [0.2, 0.25) is 0 Å². The summed E-state index contributed by atoms with van der Waals surface area (Å²) in [6.45, 7) is 5.57. The van der Waals surface area contributed by atoms with Gasteiger partial charge in [-0.2, -0.15) is 0 Å². The van der Waals surface area contributed by atoms with E-state index in [1.807, 2.05) is 48.5 Å². The Morgan fingerprint density at radius 1 is 0.357 bits per heavy atom. The van der Waals surface area contributed by atoms with Crippen LogP contribution in [0.15, 0.2) is 97.1 Å². The summed E-state index contributed by atoms with van der Waals surface area (Å²) >= 11 is 0. The normalized spacial score (nSPS) is 11.1. The molecule has 0 heterocycles. The van der Waals surface area contributed by atoms with Crippen molar-refractivity contribution in [3.8, 4) is 23.0 Å². The van der Waals surface area contributed by atoms with Gasteiger partial charge in [-0.3, -0.25) is 9.80 Å². The van der Waals surface area contributed by atoms with E-state index < -0.39 is 0 Å². The van der Waals surface area contributed by atoms with E-state index in [4.69, 9.17) is 18.9 Å². The van der Waals surface area contributed by atoms with Gasteiger partial charge in [0.05, 0.1) is 28.4 Å². The Kier molecular flexibility index (Phi) is 12.1. The van der Waals surface area contributed by atoms with E-state index in [1.165, 1.54) is 22.3 Å². The second kappa shape index (κ2) is 16.4. The molecule has 0 unspecified atom stereocenters. The van der Waals surface area contributed by atoms with Crippen LogP contribution in [0, 0.1) is 0 Å². The van der Waals surface area contributed by atoms with Crippen LogP contribution >= 0.6 is 0 Å². The minimum absolute atomic E-state index is 0.884. The van der Waals surface area contributed by atoms with Gasteiger partial charge in [-0.05, 0) is 96.7 Å². The first kappa shape index (κ1) is 30.9. The van der Waals surface area contributed by atoms with Gasteiger partial charge in [0.15, 0.2) is 0 Å². The van der Waals surface area contributed by atoms with E-state index in [0.29, 0.717) is 0 Å². The summed E-state index contributed by atoms with van der Waals surface area (Å²) in [4.78, 5) is 5.06. The molecule has 4 aromatic carbocycles. The summed E-state index contributed by atoms with van der Waals surface area (Å²) in [7, 11) is 6.82. The predicted octanol–water partition coefficient (Wildman–Crippen LogP) is 7.21. The largest absolute Gasteiger partial charge is 0.497 e. The molecule has 0 amide bonds. The van der Waals surface area contributed by atoms with Crippen LogP contribution in [-0.4, -0.2) is 51.3 Å². The van der Waals surface area contributed by atoms with Crippen molar-refractivity contribution in [1.29, 1.82) is 0 Å². The van der Waals surface area contributed by atoms with Crippen molar-refractivity contribution in [2.45, 2.75) is 39.0 Å². The molecule has 222 valence electrons. The van der Waals surface area contributed by atoms with Crippen molar-refractivity contribution in [2.75, 3.05) is 41.5 Å². The first-order valence-corrected chi connectivity index (χ1v) is 14.5. The summed E-state index contributed by atoms with van der Waals surface area (Å²) < 4.78 is 21.4. The third-order valence-electron chi connectivity index (χ3n) is 7.46. The highest BCUT2D eigenvalue weighted by atomic mass is 16.5. The van der Waals surface area contributed by atoms with Gasteiger partial charge in [0.25, 0.3) is 0 Å². The number of hydrogen-bond donors (Lipinski definition) is 0. The molecule has 0 radical (unpaired) electrons. The number of benzene rings is 4. The second-order valence-corrected chi connectivity index (χ2v) is 10.5. The van der Waals surface area contributed by atoms with E-state index in [0.717, 1.165) is 75.1 Å². The maximum absolute atomic E-state index is 5.36. The lowest BCUT2D eigenvalue weighted by Gasteiger charge is -2.25. The predicted molar refractivity (Wildman–Crippen MR) is 169 cm³/mol. The zero-order chi connectivity index (χ0) is 29.6. The van der Waals surface area contributed by atoms with Crippen LogP contribution in [0.1, 0.15) is 35.1 Å². The third kappa shape index (κ3) is 9.82. The van der Waals surface area contributed by atoms with Crippen molar-refractivity contribution in [3.05, 3.63) is 119 Å². The minimum Gasteiger partial charge on any atom is -0.497 e. The quantitative estimate of drug-likeness (QED) is 0.126. The number of hydrogen-bond acceptors (Lipinski definition) is 6. The molecular formula is C36H44N2O4. The lowest BCUT2D eigenvalue weighted by Crippen LogP contribution is -2.27. The zero-order valence-corrected chi connectivity index (χ0v) is 25.4. The Balaban J connectivity index is 1.39. The molecular weight excluding hydrogens is 524 g/mol. The second-order valence-electron chi connectivity index (χ2n) is 10.5. The fraction of sp³-hybridized carbons (Fsp3) is 0.333. The van der Waals surface area contributed by atoms with Crippen LogP contribution in [0.3, 0.4) is 0 Å². The first-order chi connectivity index (χ1) is 20.6. The van der Waals surface area contributed by atoms with Gasteiger partial charge >= 0.3 is 0 Å². The lowest BCUT2D eigenvalue weighted by atomic mass is 10.1. The molecule has 0 saturated heterocycles. The van der Waals surface area contributed by atoms with E-state index in [2.05, 4.69) is 58.3 Å². The van der Waals surface area contributed by atoms with Gasteiger partial charge in [-0.15, -0.1) is 0 Å². The third-order valence-corrected chi connectivity index (χ3v) is 7.46. The van der Waals surface area contributed by atoms with Crippen molar-refractivity contribution >= 4 is 0 Å². The Labute approximate surface area is 251 Å². The van der Waals surface area contributed by atoms with Gasteiger partial charge in [-0.25, -0.2) is 0 Å². The summed E-state index contributed by atoms with van der Waals surface area (Å²) in [5.41, 5.74) is 5.13. The maximum atomic E-state index is 5.36. The topological polar surface area (TPSA) is 43.4 Å². The highest BCUT2D eigenvalue weighted by molar-refractivity contribution is 5.30. The molecule has 0 aliphatic carbocycles. The highest BCUT2D eigenvalue weighted by Gasteiger charge is 2.11. The van der Waals surface area contributed by atoms with Crippen molar-refractivity contribution in [2.24, 2.45) is 0 Å². The number of unbranched alkanes of at least 4 members (excludes halogenated alkanes) is 1. The molecule has 4 rings (SSSR count). The molecule has 0 saturated carbocycles. The Morgan fingerprint density at radius 2 is 0.571 bits per heavy atom. The van der Waals surface area contributed by atoms with Crippen LogP contribution < -0.4 is 18.9 Å². The van der Waals surface area contributed by atoms with Gasteiger partial charge in [0, 0.05) is 26.2 Å². The van der Waals surface area contributed by atoms with Crippen LogP contribution in [-0.2, 0) is 26.2 Å². The van der Waals surface area contributed by atoms with Gasteiger partial charge in [-0.1, -0.05) is 48.5 Å². The average Bonchev–Trinajstić information content (AvgIpc) is 3.04. The van der Waals surface area contributed by atoms with Crippen LogP contribution in [0.2, 0.25) is 0 Å². The van der Waals surface area contributed by atoms with E-state index in [-0.39, 0.29) is 0 Å². The smallest absolute Gasteiger partial charge is 0.118 e. The molecule has 42 heavy (non-hydrogen) atoms. The van der Waals surface area contributed by atoms with Crippen LogP contribution in [0.4, 0.5) is 0 Å².